The van der Waals surface area contributed by atoms with Gasteiger partial charge < -0.3 is 15.5 Å². The summed E-state index contributed by atoms with van der Waals surface area (Å²) >= 11 is 0. The second-order valence-corrected chi connectivity index (χ2v) is 13.2. The fraction of sp³-hybridized carbons (Fsp3) is 0.806. The van der Waals surface area contributed by atoms with Crippen molar-refractivity contribution < 1.29 is 10.2 Å². The highest BCUT2D eigenvalue weighted by Gasteiger charge is 2.62. The Morgan fingerprint density at radius 3 is 2.47 bits per heavy atom. The molecule has 0 bridgehead atoms. The van der Waals surface area contributed by atoms with E-state index in [1.165, 1.54) is 44.1 Å². The molecule has 0 saturated heterocycles. The molecule has 5 rings (SSSR count). The summed E-state index contributed by atoms with van der Waals surface area (Å²) in [5, 5.41) is 25.4. The molecule has 3 N–H and O–H groups in total. The summed E-state index contributed by atoms with van der Waals surface area (Å²) in [5.74, 6) is 3.91. The predicted octanol–water partition coefficient (Wildman–Crippen LogP) is 6.18. The number of nitrogens with one attached hydrogen (secondary N) is 1. The van der Waals surface area contributed by atoms with E-state index in [4.69, 9.17) is 0 Å². The maximum Gasteiger partial charge on any atom is 0.0577 e. The highest BCUT2D eigenvalue weighted by Crippen LogP contribution is 2.68. The fourth-order valence-corrected chi connectivity index (χ4v) is 9.75. The van der Waals surface area contributed by atoms with Crippen molar-refractivity contribution in [2.75, 3.05) is 6.54 Å². The minimum Gasteiger partial charge on any atom is -0.393 e. The van der Waals surface area contributed by atoms with Crippen molar-refractivity contribution in [3.63, 3.8) is 0 Å². The van der Waals surface area contributed by atoms with Crippen molar-refractivity contribution >= 4 is 0 Å². The van der Waals surface area contributed by atoms with Gasteiger partial charge >= 0.3 is 0 Å². The molecule has 1 aromatic carbocycles. The van der Waals surface area contributed by atoms with Crippen molar-refractivity contribution in [3.8, 4) is 0 Å². The highest BCUT2D eigenvalue weighted by atomic mass is 16.3. The standard InChI is InChI=1S/C31H49NO2/c1-21(8-7-17-32-20-22-9-5-4-6-10-22)25-11-12-26-29-27(14-16-31(25,26)3)30(2)15-13-24(33)18-23(30)19-28(29)34/h4-6,9-10,21,23-29,32-34H,7-8,11-20H2,1-3H3/t21-,23+,24-,25-,26+,27+,28-,29+,30+,31-/m1/s1. The Hall–Kier alpha value is -0.900. The van der Waals surface area contributed by atoms with Gasteiger partial charge in [-0.25, -0.2) is 0 Å². The zero-order valence-electron chi connectivity index (χ0n) is 21.9. The van der Waals surface area contributed by atoms with Crippen molar-refractivity contribution in [2.45, 2.75) is 104 Å². The molecule has 3 nitrogen and oxygen atoms in total. The van der Waals surface area contributed by atoms with Crippen LogP contribution < -0.4 is 5.32 Å². The number of aliphatic hydroxyl groups excluding tert-OH is 2. The van der Waals surface area contributed by atoms with Crippen LogP contribution in [0.4, 0.5) is 0 Å². The van der Waals surface area contributed by atoms with E-state index in [1.807, 2.05) is 0 Å². The van der Waals surface area contributed by atoms with E-state index in [0.29, 0.717) is 34.5 Å². The average molecular weight is 468 g/mol. The zero-order chi connectivity index (χ0) is 23.9. The second-order valence-electron chi connectivity index (χ2n) is 13.2. The van der Waals surface area contributed by atoms with Gasteiger partial charge in [0, 0.05) is 6.54 Å². The third-order valence-corrected chi connectivity index (χ3v) is 11.6. The van der Waals surface area contributed by atoms with Crippen LogP contribution in [-0.2, 0) is 6.54 Å². The molecule has 4 saturated carbocycles. The summed E-state index contributed by atoms with van der Waals surface area (Å²) in [5.41, 5.74) is 2.10. The van der Waals surface area contributed by atoms with E-state index in [-0.39, 0.29) is 12.2 Å². The first kappa shape index (κ1) is 24.8. The van der Waals surface area contributed by atoms with Crippen LogP contribution in [0.1, 0.15) is 90.5 Å². The summed E-state index contributed by atoms with van der Waals surface area (Å²) in [6.07, 6.45) is 11.5. The molecule has 0 aliphatic heterocycles. The zero-order valence-corrected chi connectivity index (χ0v) is 21.9. The molecule has 10 atom stereocenters. The Balaban J connectivity index is 1.19. The summed E-state index contributed by atoms with van der Waals surface area (Å²) < 4.78 is 0. The first-order valence-electron chi connectivity index (χ1n) is 14.4. The molecular weight excluding hydrogens is 418 g/mol. The van der Waals surface area contributed by atoms with Crippen molar-refractivity contribution in [3.05, 3.63) is 35.9 Å². The van der Waals surface area contributed by atoms with Crippen LogP contribution >= 0.6 is 0 Å². The molecule has 4 fully saturated rings. The van der Waals surface area contributed by atoms with Crippen LogP contribution in [0.5, 0.6) is 0 Å². The maximum absolute atomic E-state index is 11.4. The quantitative estimate of drug-likeness (QED) is 0.420. The van der Waals surface area contributed by atoms with E-state index in [0.717, 1.165) is 50.6 Å². The molecule has 0 unspecified atom stereocenters. The normalized spacial score (nSPS) is 44.7. The van der Waals surface area contributed by atoms with Gasteiger partial charge in [0.15, 0.2) is 0 Å². The van der Waals surface area contributed by atoms with Crippen LogP contribution in [0.25, 0.3) is 0 Å². The molecular formula is C31H49NO2. The van der Waals surface area contributed by atoms with E-state index in [9.17, 15) is 10.2 Å². The van der Waals surface area contributed by atoms with E-state index >= 15 is 0 Å². The van der Waals surface area contributed by atoms with Crippen LogP contribution in [0.2, 0.25) is 0 Å². The van der Waals surface area contributed by atoms with Gasteiger partial charge in [-0.15, -0.1) is 0 Å². The van der Waals surface area contributed by atoms with E-state index < -0.39 is 0 Å². The molecule has 34 heavy (non-hydrogen) atoms. The van der Waals surface area contributed by atoms with Gasteiger partial charge in [-0.2, -0.15) is 0 Å². The van der Waals surface area contributed by atoms with Gasteiger partial charge in [-0.1, -0.05) is 51.1 Å². The Morgan fingerprint density at radius 1 is 0.941 bits per heavy atom. The predicted molar refractivity (Wildman–Crippen MR) is 139 cm³/mol. The lowest BCUT2D eigenvalue weighted by molar-refractivity contribution is -0.174. The molecule has 1 aromatic rings. The summed E-state index contributed by atoms with van der Waals surface area (Å²) in [7, 11) is 0. The molecule has 0 amide bonds. The van der Waals surface area contributed by atoms with Crippen molar-refractivity contribution in [2.24, 2.45) is 46.3 Å². The number of aliphatic hydroxyl groups is 2. The number of hydrogen-bond donors (Lipinski definition) is 3. The smallest absolute Gasteiger partial charge is 0.0577 e. The number of fused-ring (bicyclic) bond motifs is 5. The van der Waals surface area contributed by atoms with Gasteiger partial charge in [0.2, 0.25) is 0 Å². The van der Waals surface area contributed by atoms with Gasteiger partial charge in [-0.3, -0.25) is 0 Å². The van der Waals surface area contributed by atoms with Gasteiger partial charge in [0.25, 0.3) is 0 Å². The molecule has 4 aliphatic carbocycles. The van der Waals surface area contributed by atoms with Crippen LogP contribution in [0.3, 0.4) is 0 Å². The largest absolute Gasteiger partial charge is 0.393 e. The third kappa shape index (κ3) is 4.39. The third-order valence-electron chi connectivity index (χ3n) is 11.6. The van der Waals surface area contributed by atoms with Gasteiger partial charge in [0.05, 0.1) is 12.2 Å². The first-order valence-corrected chi connectivity index (χ1v) is 14.4. The van der Waals surface area contributed by atoms with E-state index in [2.05, 4.69) is 56.4 Å². The van der Waals surface area contributed by atoms with E-state index in [1.54, 1.807) is 0 Å². The first-order chi connectivity index (χ1) is 16.3. The SMILES string of the molecule is C[C@H](CCCNCc1ccccc1)[C@H]1CC[C@H]2[C@@H]3[C@H](O)C[C@@H]4C[C@H](O)CC[C@]4(C)[C@H]3CC[C@]12C. The maximum atomic E-state index is 11.4. The van der Waals surface area contributed by atoms with Crippen LogP contribution in [-0.4, -0.2) is 29.0 Å². The topological polar surface area (TPSA) is 52.5 Å². The van der Waals surface area contributed by atoms with Crippen molar-refractivity contribution in [1.82, 2.24) is 5.32 Å². The number of hydrogen-bond acceptors (Lipinski definition) is 3. The molecule has 0 heterocycles. The average Bonchev–Trinajstić information content (AvgIpc) is 3.18. The lowest BCUT2D eigenvalue weighted by Gasteiger charge is -2.62. The molecule has 190 valence electrons. The summed E-state index contributed by atoms with van der Waals surface area (Å²) in [4.78, 5) is 0. The monoisotopic (exact) mass is 467 g/mol. The number of rotatable bonds is 7. The minimum absolute atomic E-state index is 0.144. The Morgan fingerprint density at radius 2 is 1.68 bits per heavy atom. The molecule has 0 aromatic heterocycles. The molecule has 0 radical (unpaired) electrons. The Labute approximate surface area is 208 Å². The minimum atomic E-state index is -0.158. The van der Waals surface area contributed by atoms with Crippen LogP contribution in [0, 0.1) is 46.3 Å². The summed E-state index contributed by atoms with van der Waals surface area (Å²) in [6.45, 7) is 9.70. The summed E-state index contributed by atoms with van der Waals surface area (Å²) in [6, 6.07) is 10.7. The molecule has 4 aliphatic rings. The highest BCUT2D eigenvalue weighted by molar-refractivity contribution is 5.14. The van der Waals surface area contributed by atoms with Gasteiger partial charge in [0.1, 0.15) is 0 Å². The Bertz CT molecular complexity index is 813. The number of benzene rings is 1. The fourth-order valence-electron chi connectivity index (χ4n) is 9.75. The van der Waals surface area contributed by atoms with Crippen LogP contribution in [0.15, 0.2) is 30.3 Å². The van der Waals surface area contributed by atoms with Gasteiger partial charge in [-0.05, 0) is 123 Å². The molecule has 3 heteroatoms. The van der Waals surface area contributed by atoms with Crippen molar-refractivity contribution in [1.29, 1.82) is 0 Å². The Kier molecular flexibility index (Phi) is 7.19. The lowest BCUT2D eigenvalue weighted by Crippen LogP contribution is -2.58. The second kappa shape index (κ2) is 9.87. The lowest BCUT2D eigenvalue weighted by atomic mass is 9.43. The molecule has 0 spiro atoms.